The monoisotopic (exact) mass is 291 g/mol. The summed E-state index contributed by atoms with van der Waals surface area (Å²) in [5.74, 6) is 1.09. The first-order valence-corrected chi connectivity index (χ1v) is 7.14. The van der Waals surface area contributed by atoms with Gasteiger partial charge in [0.25, 0.3) is 0 Å². The number of rotatable bonds is 2. The summed E-state index contributed by atoms with van der Waals surface area (Å²) in [5.41, 5.74) is 7.96. The van der Waals surface area contributed by atoms with E-state index in [1.54, 1.807) is 4.68 Å². The fraction of sp³-hybridized carbons (Fsp3) is 0.667. The van der Waals surface area contributed by atoms with Gasteiger partial charge in [-0.25, -0.2) is 0 Å². The first kappa shape index (κ1) is 15.7. The van der Waals surface area contributed by atoms with E-state index in [-0.39, 0.29) is 10.8 Å². The SMILES string of the molecule is Cn1cc(C(N)c2noc(C(C)(C)C)n2)c(C(C)(C)C)n1. The largest absolute Gasteiger partial charge is 0.339 e. The van der Waals surface area contributed by atoms with Crippen molar-refractivity contribution in [2.24, 2.45) is 12.8 Å². The van der Waals surface area contributed by atoms with Crippen LogP contribution in [-0.2, 0) is 17.9 Å². The number of aromatic nitrogens is 4. The van der Waals surface area contributed by atoms with Crippen LogP contribution >= 0.6 is 0 Å². The van der Waals surface area contributed by atoms with Gasteiger partial charge in [-0.05, 0) is 0 Å². The van der Waals surface area contributed by atoms with E-state index in [1.807, 2.05) is 34.0 Å². The zero-order chi connectivity index (χ0) is 16.0. The van der Waals surface area contributed by atoms with E-state index in [1.165, 1.54) is 0 Å². The van der Waals surface area contributed by atoms with E-state index >= 15 is 0 Å². The fourth-order valence-electron chi connectivity index (χ4n) is 2.12. The van der Waals surface area contributed by atoms with Crippen LogP contribution in [0.4, 0.5) is 0 Å². The standard InChI is InChI=1S/C15H25N5O/c1-14(2,3)11-9(8-20(7)18-11)10(16)12-17-13(21-19-12)15(4,5)6/h8,10H,16H2,1-7H3. The molecule has 0 aliphatic carbocycles. The van der Waals surface area contributed by atoms with Gasteiger partial charge in [0, 0.05) is 29.6 Å². The van der Waals surface area contributed by atoms with Crippen LogP contribution in [-0.4, -0.2) is 19.9 Å². The lowest BCUT2D eigenvalue weighted by molar-refractivity contribution is 0.317. The molecule has 2 heterocycles. The second-order valence-corrected chi connectivity index (χ2v) is 7.54. The van der Waals surface area contributed by atoms with Gasteiger partial charge in [-0.3, -0.25) is 4.68 Å². The van der Waals surface area contributed by atoms with E-state index in [9.17, 15) is 0 Å². The van der Waals surface area contributed by atoms with Crippen molar-refractivity contribution in [1.82, 2.24) is 19.9 Å². The minimum atomic E-state index is -0.437. The normalized spacial score (nSPS) is 14.5. The molecule has 2 aromatic rings. The molecule has 0 saturated heterocycles. The summed E-state index contributed by atoms with van der Waals surface area (Å²) in [5, 5.41) is 8.58. The first-order valence-electron chi connectivity index (χ1n) is 7.14. The van der Waals surface area contributed by atoms with Gasteiger partial charge in [0.1, 0.15) is 0 Å². The Morgan fingerprint density at radius 3 is 2.24 bits per heavy atom. The minimum absolute atomic E-state index is 0.0925. The Hall–Kier alpha value is -1.69. The highest BCUT2D eigenvalue weighted by molar-refractivity contribution is 5.31. The van der Waals surface area contributed by atoms with Gasteiger partial charge in [0.2, 0.25) is 5.89 Å². The third kappa shape index (κ3) is 3.15. The smallest absolute Gasteiger partial charge is 0.232 e. The van der Waals surface area contributed by atoms with Gasteiger partial charge in [-0.2, -0.15) is 10.1 Å². The molecule has 0 bridgehead atoms. The molecule has 0 saturated carbocycles. The second kappa shape index (κ2) is 4.94. The molecule has 6 heteroatoms. The maximum atomic E-state index is 6.35. The number of hydrogen-bond acceptors (Lipinski definition) is 5. The molecule has 0 spiro atoms. The van der Waals surface area contributed by atoms with Gasteiger partial charge in [0.05, 0.1) is 11.7 Å². The molecule has 21 heavy (non-hydrogen) atoms. The summed E-state index contributed by atoms with van der Waals surface area (Å²) < 4.78 is 7.11. The molecular formula is C15H25N5O. The lowest BCUT2D eigenvalue weighted by Gasteiger charge is -2.19. The van der Waals surface area contributed by atoms with Crippen LogP contribution in [0.1, 0.15) is 70.6 Å². The van der Waals surface area contributed by atoms with Crippen molar-refractivity contribution >= 4 is 0 Å². The summed E-state index contributed by atoms with van der Waals surface area (Å²) in [6.07, 6.45) is 1.93. The van der Waals surface area contributed by atoms with Gasteiger partial charge in [-0.1, -0.05) is 46.7 Å². The van der Waals surface area contributed by atoms with Crippen molar-refractivity contribution in [3.8, 4) is 0 Å². The summed E-state index contributed by atoms with van der Waals surface area (Å²) in [6, 6.07) is -0.437. The molecule has 2 N–H and O–H groups in total. The van der Waals surface area contributed by atoms with Crippen LogP contribution in [0.25, 0.3) is 0 Å². The summed E-state index contributed by atoms with van der Waals surface area (Å²) >= 11 is 0. The molecule has 6 nitrogen and oxygen atoms in total. The molecule has 116 valence electrons. The van der Waals surface area contributed by atoms with Crippen molar-refractivity contribution in [3.05, 3.63) is 29.2 Å². The average molecular weight is 291 g/mol. The van der Waals surface area contributed by atoms with Crippen molar-refractivity contribution in [2.45, 2.75) is 58.4 Å². The van der Waals surface area contributed by atoms with Crippen LogP contribution in [0.15, 0.2) is 10.7 Å². The number of hydrogen-bond donors (Lipinski definition) is 1. The van der Waals surface area contributed by atoms with E-state index in [4.69, 9.17) is 10.3 Å². The van der Waals surface area contributed by atoms with Crippen LogP contribution in [0.2, 0.25) is 0 Å². The van der Waals surface area contributed by atoms with E-state index in [2.05, 4.69) is 36.0 Å². The average Bonchev–Trinajstić information content (AvgIpc) is 2.92. The molecule has 0 aliphatic rings. The molecule has 2 rings (SSSR count). The summed E-state index contributed by atoms with van der Waals surface area (Å²) in [6.45, 7) is 12.4. The number of aryl methyl sites for hydroxylation is 1. The molecular weight excluding hydrogens is 266 g/mol. The Labute approximate surface area is 125 Å². The van der Waals surface area contributed by atoms with E-state index < -0.39 is 6.04 Å². The van der Waals surface area contributed by atoms with E-state index in [0.29, 0.717) is 11.7 Å². The van der Waals surface area contributed by atoms with Crippen molar-refractivity contribution in [1.29, 1.82) is 0 Å². The maximum Gasteiger partial charge on any atom is 0.232 e. The quantitative estimate of drug-likeness (QED) is 0.919. The van der Waals surface area contributed by atoms with Gasteiger partial charge >= 0.3 is 0 Å². The van der Waals surface area contributed by atoms with Gasteiger partial charge in [0.15, 0.2) is 5.82 Å². The Balaban J connectivity index is 2.41. The number of nitrogens with zero attached hydrogens (tertiary/aromatic N) is 4. The fourth-order valence-corrected chi connectivity index (χ4v) is 2.12. The Kier molecular flexibility index (Phi) is 3.70. The molecule has 0 fully saturated rings. The molecule has 0 amide bonds. The molecule has 1 atom stereocenters. The molecule has 0 aliphatic heterocycles. The number of nitrogens with two attached hydrogens (primary N) is 1. The zero-order valence-corrected chi connectivity index (χ0v) is 13.9. The lowest BCUT2D eigenvalue weighted by Crippen LogP contribution is -2.21. The zero-order valence-electron chi connectivity index (χ0n) is 13.9. The topological polar surface area (TPSA) is 82.8 Å². The van der Waals surface area contributed by atoms with Gasteiger partial charge < -0.3 is 10.3 Å². The van der Waals surface area contributed by atoms with Crippen molar-refractivity contribution in [2.75, 3.05) is 0 Å². The first-order chi connectivity index (χ1) is 9.50. The molecule has 1 unspecified atom stereocenters. The van der Waals surface area contributed by atoms with Gasteiger partial charge in [-0.15, -0.1) is 0 Å². The summed E-state index contributed by atoms with van der Waals surface area (Å²) in [4.78, 5) is 4.45. The predicted octanol–water partition coefficient (Wildman–Crippen LogP) is 2.45. The van der Waals surface area contributed by atoms with Crippen LogP contribution < -0.4 is 5.73 Å². The van der Waals surface area contributed by atoms with Crippen LogP contribution in [0, 0.1) is 0 Å². The third-order valence-electron chi connectivity index (χ3n) is 3.26. The highest BCUT2D eigenvalue weighted by Crippen LogP contribution is 2.30. The summed E-state index contributed by atoms with van der Waals surface area (Å²) in [7, 11) is 1.89. The lowest BCUT2D eigenvalue weighted by atomic mass is 9.87. The Bertz CT molecular complexity index is 627. The Morgan fingerprint density at radius 2 is 1.76 bits per heavy atom. The molecule has 2 aromatic heterocycles. The van der Waals surface area contributed by atoms with Crippen LogP contribution in [0.3, 0.4) is 0 Å². The molecule has 0 radical (unpaired) electrons. The Morgan fingerprint density at radius 1 is 1.14 bits per heavy atom. The highest BCUT2D eigenvalue weighted by Gasteiger charge is 2.29. The maximum absolute atomic E-state index is 6.35. The minimum Gasteiger partial charge on any atom is -0.339 e. The van der Waals surface area contributed by atoms with Crippen molar-refractivity contribution < 1.29 is 4.52 Å². The van der Waals surface area contributed by atoms with Crippen LogP contribution in [0.5, 0.6) is 0 Å². The molecule has 0 aromatic carbocycles. The van der Waals surface area contributed by atoms with Crippen molar-refractivity contribution in [3.63, 3.8) is 0 Å². The highest BCUT2D eigenvalue weighted by atomic mass is 16.5. The second-order valence-electron chi connectivity index (χ2n) is 7.54. The van der Waals surface area contributed by atoms with E-state index in [0.717, 1.165) is 11.3 Å². The third-order valence-corrected chi connectivity index (χ3v) is 3.26. The predicted molar refractivity (Wildman–Crippen MR) is 80.9 cm³/mol.